The number of rotatable bonds is 6. The van der Waals surface area contributed by atoms with Gasteiger partial charge in [0.2, 0.25) is 0 Å². The second kappa shape index (κ2) is 8.10. The van der Waals surface area contributed by atoms with E-state index in [2.05, 4.69) is 31.7 Å². The second-order valence-electron chi connectivity index (χ2n) is 11.5. The van der Waals surface area contributed by atoms with Crippen LogP contribution in [0.3, 0.4) is 0 Å². The molecule has 0 spiro atoms. The zero-order chi connectivity index (χ0) is 21.6. The third-order valence-electron chi connectivity index (χ3n) is 8.66. The van der Waals surface area contributed by atoms with E-state index in [1.54, 1.807) is 11.1 Å². The Labute approximate surface area is 183 Å². The third-order valence-corrected chi connectivity index (χ3v) is 8.66. The number of allylic oxidation sites excluding steroid dienone is 5. The van der Waals surface area contributed by atoms with Crippen LogP contribution in [0.15, 0.2) is 47.1 Å². The van der Waals surface area contributed by atoms with Crippen LogP contribution in [0.2, 0.25) is 0 Å². The van der Waals surface area contributed by atoms with E-state index in [9.17, 15) is 10.2 Å². The van der Waals surface area contributed by atoms with Crippen molar-refractivity contribution in [2.45, 2.75) is 110 Å². The van der Waals surface area contributed by atoms with Crippen molar-refractivity contribution in [3.05, 3.63) is 47.1 Å². The van der Waals surface area contributed by atoms with Crippen LogP contribution in [-0.4, -0.2) is 21.9 Å². The first-order valence-electron chi connectivity index (χ1n) is 12.4. The first-order chi connectivity index (χ1) is 14.1. The van der Waals surface area contributed by atoms with Crippen LogP contribution in [0.5, 0.6) is 0 Å². The van der Waals surface area contributed by atoms with Crippen LogP contribution in [0.4, 0.5) is 0 Å². The first kappa shape index (κ1) is 22.1. The molecule has 2 N–H and O–H groups in total. The number of hydrogen-bond donors (Lipinski definition) is 2. The predicted molar refractivity (Wildman–Crippen MR) is 125 cm³/mol. The van der Waals surface area contributed by atoms with Gasteiger partial charge in [-0.25, -0.2) is 0 Å². The summed E-state index contributed by atoms with van der Waals surface area (Å²) in [5, 5.41) is 20.3. The van der Waals surface area contributed by atoms with Gasteiger partial charge >= 0.3 is 0 Å². The summed E-state index contributed by atoms with van der Waals surface area (Å²) in [6.45, 7) is 10.6. The van der Waals surface area contributed by atoms with Crippen molar-refractivity contribution in [2.24, 2.45) is 16.7 Å². The highest BCUT2D eigenvalue weighted by molar-refractivity contribution is 5.41. The largest absolute Gasteiger partial charge is 0.390 e. The summed E-state index contributed by atoms with van der Waals surface area (Å²) in [4.78, 5) is 0. The molecule has 0 aromatic heterocycles. The Morgan fingerprint density at radius 1 is 1.17 bits per heavy atom. The molecule has 2 heteroatoms. The van der Waals surface area contributed by atoms with Crippen LogP contribution < -0.4 is 0 Å². The number of hydrogen-bond acceptors (Lipinski definition) is 2. The standard InChI is InChI=1S/C28H42O2/c1-20-21(8-5-10-24(20)29)11-12-22-9-6-16-27(4)23(22)13-14-25(27)28(18-19-28)17-7-15-26(2,3)30/h11-12,14,23-24,29-30H,1,5-10,13,15-19H2,2-4H3/b21-11-,22-12+. The van der Waals surface area contributed by atoms with Gasteiger partial charge in [0, 0.05) is 0 Å². The normalized spacial score (nSPS) is 36.2. The average Bonchev–Trinajstić information content (AvgIpc) is 3.35. The summed E-state index contributed by atoms with van der Waals surface area (Å²) in [7, 11) is 0. The fraction of sp³-hybridized carbons (Fsp3) is 0.714. The molecule has 4 rings (SSSR count). The van der Waals surface area contributed by atoms with E-state index in [-0.39, 0.29) is 6.10 Å². The minimum Gasteiger partial charge on any atom is -0.390 e. The molecule has 0 bridgehead atoms. The molecule has 3 fully saturated rings. The van der Waals surface area contributed by atoms with E-state index in [0.717, 1.165) is 37.7 Å². The lowest BCUT2D eigenvalue weighted by Crippen LogP contribution is -2.33. The van der Waals surface area contributed by atoms with E-state index in [1.807, 2.05) is 13.8 Å². The summed E-state index contributed by atoms with van der Waals surface area (Å²) >= 11 is 0. The number of aliphatic hydroxyl groups is 2. The molecule has 0 aromatic carbocycles. The van der Waals surface area contributed by atoms with Gasteiger partial charge in [0.05, 0.1) is 11.7 Å². The maximum absolute atomic E-state index is 10.1. The summed E-state index contributed by atoms with van der Waals surface area (Å²) in [5.41, 5.74) is 5.76. The highest BCUT2D eigenvalue weighted by Crippen LogP contribution is 2.67. The van der Waals surface area contributed by atoms with Gasteiger partial charge in [-0.2, -0.15) is 0 Å². The van der Waals surface area contributed by atoms with E-state index < -0.39 is 5.60 Å². The Morgan fingerprint density at radius 3 is 2.63 bits per heavy atom. The predicted octanol–water partition coefficient (Wildman–Crippen LogP) is 6.80. The molecule has 0 aromatic rings. The fourth-order valence-corrected chi connectivity index (χ4v) is 6.74. The lowest BCUT2D eigenvalue weighted by atomic mass is 9.61. The molecule has 0 radical (unpaired) electrons. The van der Waals surface area contributed by atoms with Gasteiger partial charge in [0.25, 0.3) is 0 Å². The Hall–Kier alpha value is -1.12. The second-order valence-corrected chi connectivity index (χ2v) is 11.5. The molecule has 0 saturated heterocycles. The zero-order valence-electron chi connectivity index (χ0n) is 19.5. The van der Waals surface area contributed by atoms with E-state index in [1.165, 1.54) is 50.5 Å². The molecule has 0 amide bonds. The van der Waals surface area contributed by atoms with Gasteiger partial charge in [-0.1, -0.05) is 42.9 Å². The molecule has 166 valence electrons. The molecular weight excluding hydrogens is 368 g/mol. The van der Waals surface area contributed by atoms with Crippen LogP contribution in [-0.2, 0) is 0 Å². The average molecular weight is 411 g/mol. The molecule has 30 heavy (non-hydrogen) atoms. The van der Waals surface area contributed by atoms with E-state index in [4.69, 9.17) is 0 Å². The third kappa shape index (κ3) is 4.28. The van der Waals surface area contributed by atoms with Crippen molar-refractivity contribution in [3.8, 4) is 0 Å². The van der Waals surface area contributed by atoms with Gasteiger partial charge in [-0.05, 0) is 119 Å². The van der Waals surface area contributed by atoms with Gasteiger partial charge in [0.15, 0.2) is 0 Å². The topological polar surface area (TPSA) is 40.5 Å². The van der Waals surface area contributed by atoms with Crippen LogP contribution in [0.25, 0.3) is 0 Å². The minimum absolute atomic E-state index is 0.316. The van der Waals surface area contributed by atoms with E-state index >= 15 is 0 Å². The van der Waals surface area contributed by atoms with Crippen molar-refractivity contribution < 1.29 is 10.2 Å². The molecule has 4 aliphatic carbocycles. The maximum Gasteiger partial charge on any atom is 0.0787 e. The molecule has 4 aliphatic rings. The molecule has 3 unspecified atom stereocenters. The Kier molecular flexibility index (Phi) is 5.96. The van der Waals surface area contributed by atoms with E-state index in [0.29, 0.717) is 16.7 Å². The fourth-order valence-electron chi connectivity index (χ4n) is 6.74. The zero-order valence-corrected chi connectivity index (χ0v) is 19.5. The van der Waals surface area contributed by atoms with Crippen molar-refractivity contribution in [3.63, 3.8) is 0 Å². The Bertz CT molecular complexity index is 771. The molecule has 3 atom stereocenters. The Balaban J connectivity index is 1.49. The highest BCUT2D eigenvalue weighted by Gasteiger charge is 2.56. The molecule has 3 saturated carbocycles. The van der Waals surface area contributed by atoms with Crippen LogP contribution >= 0.6 is 0 Å². The smallest absolute Gasteiger partial charge is 0.0787 e. The molecule has 0 heterocycles. The quantitative estimate of drug-likeness (QED) is 0.473. The molecule has 0 aliphatic heterocycles. The van der Waals surface area contributed by atoms with Gasteiger partial charge in [-0.15, -0.1) is 0 Å². The number of fused-ring (bicyclic) bond motifs is 1. The van der Waals surface area contributed by atoms with Crippen molar-refractivity contribution in [1.82, 2.24) is 0 Å². The highest BCUT2D eigenvalue weighted by atomic mass is 16.3. The summed E-state index contributed by atoms with van der Waals surface area (Å²) in [6.07, 6.45) is 20.9. The summed E-state index contributed by atoms with van der Waals surface area (Å²) in [6, 6.07) is 0. The Morgan fingerprint density at radius 2 is 1.93 bits per heavy atom. The number of aliphatic hydroxyl groups excluding tert-OH is 1. The van der Waals surface area contributed by atoms with Crippen LogP contribution in [0, 0.1) is 16.7 Å². The molecular formula is C28H42O2. The van der Waals surface area contributed by atoms with Crippen molar-refractivity contribution in [2.75, 3.05) is 0 Å². The minimum atomic E-state index is -0.544. The summed E-state index contributed by atoms with van der Waals surface area (Å²) in [5.74, 6) is 0.645. The maximum atomic E-state index is 10.1. The van der Waals surface area contributed by atoms with Crippen molar-refractivity contribution >= 4 is 0 Å². The summed E-state index contributed by atoms with van der Waals surface area (Å²) < 4.78 is 0. The van der Waals surface area contributed by atoms with Gasteiger partial charge in [-0.3, -0.25) is 0 Å². The monoisotopic (exact) mass is 410 g/mol. The van der Waals surface area contributed by atoms with Gasteiger partial charge in [0.1, 0.15) is 0 Å². The van der Waals surface area contributed by atoms with Crippen molar-refractivity contribution in [1.29, 1.82) is 0 Å². The van der Waals surface area contributed by atoms with Gasteiger partial charge < -0.3 is 10.2 Å². The van der Waals surface area contributed by atoms with Crippen LogP contribution in [0.1, 0.15) is 97.8 Å². The molecule has 2 nitrogen and oxygen atoms in total. The SMILES string of the molecule is C=C1/C(=C\C=C2/CCCC3(C)C(C4(CCCC(C)(C)O)CC4)=CCC23)CCCC1O. The lowest BCUT2D eigenvalue weighted by molar-refractivity contribution is 0.0664. The lowest BCUT2D eigenvalue weighted by Gasteiger charge is -2.43. The first-order valence-corrected chi connectivity index (χ1v) is 12.4.